The van der Waals surface area contributed by atoms with Crippen LogP contribution in [0.1, 0.15) is 66.2 Å². The van der Waals surface area contributed by atoms with Crippen LogP contribution in [-0.4, -0.2) is 0 Å². The molecule has 0 heteroatoms. The van der Waals surface area contributed by atoms with Crippen LogP contribution in [0.4, 0.5) is 0 Å². The zero-order valence-corrected chi connectivity index (χ0v) is 11.3. The molecule has 15 heavy (non-hydrogen) atoms. The van der Waals surface area contributed by atoms with Gasteiger partial charge in [-0.2, -0.15) is 0 Å². The molecule has 0 spiro atoms. The molecule has 0 amide bonds. The third kappa shape index (κ3) is 6.76. The van der Waals surface area contributed by atoms with E-state index in [2.05, 4.69) is 40.3 Å². The van der Waals surface area contributed by atoms with E-state index in [0.29, 0.717) is 0 Å². The van der Waals surface area contributed by atoms with E-state index in [1.165, 1.54) is 38.5 Å². The van der Waals surface area contributed by atoms with Crippen LogP contribution >= 0.6 is 0 Å². The Morgan fingerprint density at radius 1 is 1.13 bits per heavy atom. The molecule has 2 atom stereocenters. The standard InChI is InChI=1S/C15H30/c1-6-9-11-14(8-3)15(10-7-2)12-13(4)5/h7,13-15H,2,6,8-12H2,1,3-5H3. The van der Waals surface area contributed by atoms with Crippen LogP contribution in [0, 0.1) is 17.8 Å². The summed E-state index contributed by atoms with van der Waals surface area (Å²) in [5.41, 5.74) is 0. The Balaban J connectivity index is 4.18. The molecule has 90 valence electrons. The normalized spacial score (nSPS) is 15.3. The molecule has 0 N–H and O–H groups in total. The molecule has 0 aliphatic heterocycles. The lowest BCUT2D eigenvalue weighted by molar-refractivity contribution is 0.256. The highest BCUT2D eigenvalue weighted by molar-refractivity contribution is 4.79. The van der Waals surface area contributed by atoms with Gasteiger partial charge in [-0.3, -0.25) is 0 Å². The number of allylic oxidation sites excluding steroid dienone is 1. The predicted octanol–water partition coefficient (Wildman–Crippen LogP) is 5.44. The lowest BCUT2D eigenvalue weighted by atomic mass is 9.79. The molecular weight excluding hydrogens is 180 g/mol. The maximum absolute atomic E-state index is 3.90. The highest BCUT2D eigenvalue weighted by Crippen LogP contribution is 2.30. The molecule has 0 aliphatic rings. The average Bonchev–Trinajstić information content (AvgIpc) is 2.18. The van der Waals surface area contributed by atoms with Crippen molar-refractivity contribution in [1.82, 2.24) is 0 Å². The Labute approximate surface area is 97.2 Å². The molecule has 0 aromatic heterocycles. The van der Waals surface area contributed by atoms with E-state index in [0.717, 1.165) is 17.8 Å². The van der Waals surface area contributed by atoms with Crippen molar-refractivity contribution < 1.29 is 0 Å². The number of hydrogen-bond donors (Lipinski definition) is 0. The van der Waals surface area contributed by atoms with Gasteiger partial charge in [0, 0.05) is 0 Å². The van der Waals surface area contributed by atoms with Crippen molar-refractivity contribution in [3.8, 4) is 0 Å². The van der Waals surface area contributed by atoms with Crippen molar-refractivity contribution in [2.75, 3.05) is 0 Å². The molecule has 0 bridgehead atoms. The van der Waals surface area contributed by atoms with Gasteiger partial charge in [0.1, 0.15) is 0 Å². The summed E-state index contributed by atoms with van der Waals surface area (Å²) in [6.07, 6.45) is 10.2. The Morgan fingerprint density at radius 2 is 1.80 bits per heavy atom. The quantitative estimate of drug-likeness (QED) is 0.444. The lowest BCUT2D eigenvalue weighted by Crippen LogP contribution is -2.16. The molecule has 0 nitrogen and oxygen atoms in total. The molecule has 0 aromatic carbocycles. The largest absolute Gasteiger partial charge is 0.103 e. The summed E-state index contributed by atoms with van der Waals surface area (Å²) in [4.78, 5) is 0. The maximum Gasteiger partial charge on any atom is -0.0322 e. The fourth-order valence-corrected chi connectivity index (χ4v) is 2.54. The molecule has 0 heterocycles. The first-order valence-corrected chi connectivity index (χ1v) is 6.76. The van der Waals surface area contributed by atoms with Crippen LogP contribution in [0.3, 0.4) is 0 Å². The SMILES string of the molecule is C=CCC(CC(C)C)C(CC)CCCC. The number of hydrogen-bond acceptors (Lipinski definition) is 0. The molecule has 0 fully saturated rings. The van der Waals surface area contributed by atoms with Crippen LogP contribution in [0.5, 0.6) is 0 Å². The molecule has 2 unspecified atom stereocenters. The minimum atomic E-state index is 0.825. The fraction of sp³-hybridized carbons (Fsp3) is 0.867. The van der Waals surface area contributed by atoms with Gasteiger partial charge >= 0.3 is 0 Å². The zero-order chi connectivity index (χ0) is 11.7. The van der Waals surface area contributed by atoms with Gasteiger partial charge < -0.3 is 0 Å². The summed E-state index contributed by atoms with van der Waals surface area (Å²) in [5, 5.41) is 0. The van der Waals surface area contributed by atoms with Crippen molar-refractivity contribution in [2.24, 2.45) is 17.8 Å². The van der Waals surface area contributed by atoms with Crippen molar-refractivity contribution >= 4 is 0 Å². The molecule has 0 radical (unpaired) electrons. The molecule has 0 aliphatic carbocycles. The molecular formula is C15H30. The van der Waals surface area contributed by atoms with E-state index in [1.54, 1.807) is 0 Å². The summed E-state index contributed by atoms with van der Waals surface area (Å²) in [6, 6.07) is 0. The second kappa shape index (κ2) is 9.00. The predicted molar refractivity (Wildman–Crippen MR) is 71.1 cm³/mol. The van der Waals surface area contributed by atoms with Crippen molar-refractivity contribution in [3.63, 3.8) is 0 Å². The average molecular weight is 210 g/mol. The monoisotopic (exact) mass is 210 g/mol. The first-order chi connectivity index (χ1) is 7.15. The fourth-order valence-electron chi connectivity index (χ4n) is 2.54. The summed E-state index contributed by atoms with van der Waals surface area (Å²) >= 11 is 0. The van der Waals surface area contributed by atoms with Gasteiger partial charge in [-0.05, 0) is 30.6 Å². The number of unbranched alkanes of at least 4 members (excludes halogenated alkanes) is 1. The summed E-state index contributed by atoms with van der Waals surface area (Å²) < 4.78 is 0. The Morgan fingerprint density at radius 3 is 2.20 bits per heavy atom. The van der Waals surface area contributed by atoms with Gasteiger partial charge in [0.15, 0.2) is 0 Å². The van der Waals surface area contributed by atoms with E-state index >= 15 is 0 Å². The van der Waals surface area contributed by atoms with Crippen molar-refractivity contribution in [1.29, 1.82) is 0 Å². The molecule has 0 aromatic rings. The third-order valence-electron chi connectivity index (χ3n) is 3.36. The van der Waals surface area contributed by atoms with Gasteiger partial charge in [0.25, 0.3) is 0 Å². The minimum absolute atomic E-state index is 0.825. The van der Waals surface area contributed by atoms with E-state index < -0.39 is 0 Å². The third-order valence-corrected chi connectivity index (χ3v) is 3.36. The van der Waals surface area contributed by atoms with Crippen molar-refractivity contribution in [3.05, 3.63) is 12.7 Å². The van der Waals surface area contributed by atoms with E-state index in [-0.39, 0.29) is 0 Å². The highest BCUT2D eigenvalue weighted by Gasteiger charge is 2.19. The topological polar surface area (TPSA) is 0 Å². The first-order valence-electron chi connectivity index (χ1n) is 6.76. The van der Waals surface area contributed by atoms with Crippen LogP contribution < -0.4 is 0 Å². The van der Waals surface area contributed by atoms with Gasteiger partial charge in [0.2, 0.25) is 0 Å². The number of rotatable bonds is 9. The van der Waals surface area contributed by atoms with Crippen LogP contribution in [0.15, 0.2) is 12.7 Å². The van der Waals surface area contributed by atoms with E-state index in [9.17, 15) is 0 Å². The smallest absolute Gasteiger partial charge is 0.0322 e. The highest BCUT2D eigenvalue weighted by atomic mass is 14.2. The van der Waals surface area contributed by atoms with Gasteiger partial charge in [-0.15, -0.1) is 6.58 Å². The Bertz CT molecular complexity index is 146. The van der Waals surface area contributed by atoms with Crippen molar-refractivity contribution in [2.45, 2.75) is 66.2 Å². The molecule has 0 saturated heterocycles. The second-order valence-corrected chi connectivity index (χ2v) is 5.22. The van der Waals surface area contributed by atoms with Crippen LogP contribution in [0.25, 0.3) is 0 Å². The second-order valence-electron chi connectivity index (χ2n) is 5.22. The summed E-state index contributed by atoms with van der Waals surface area (Å²) in [6.45, 7) is 13.2. The van der Waals surface area contributed by atoms with Crippen LogP contribution in [0.2, 0.25) is 0 Å². The lowest BCUT2D eigenvalue weighted by Gasteiger charge is -2.27. The maximum atomic E-state index is 3.90. The van der Waals surface area contributed by atoms with E-state index in [1.807, 2.05) is 0 Å². The van der Waals surface area contributed by atoms with E-state index in [4.69, 9.17) is 0 Å². The minimum Gasteiger partial charge on any atom is -0.103 e. The molecule has 0 saturated carbocycles. The summed E-state index contributed by atoms with van der Waals surface area (Å²) in [5.74, 6) is 2.62. The summed E-state index contributed by atoms with van der Waals surface area (Å²) in [7, 11) is 0. The Hall–Kier alpha value is -0.260. The molecule has 0 rings (SSSR count). The zero-order valence-electron chi connectivity index (χ0n) is 11.3. The van der Waals surface area contributed by atoms with Crippen LogP contribution in [-0.2, 0) is 0 Å². The first kappa shape index (κ1) is 14.7. The van der Waals surface area contributed by atoms with Gasteiger partial charge in [0.05, 0.1) is 0 Å². The van der Waals surface area contributed by atoms with Gasteiger partial charge in [-0.1, -0.05) is 59.5 Å². The van der Waals surface area contributed by atoms with Gasteiger partial charge in [-0.25, -0.2) is 0 Å². The Kier molecular flexibility index (Phi) is 8.85.